The number of amides is 4. The van der Waals surface area contributed by atoms with Crippen molar-refractivity contribution in [2.75, 3.05) is 11.9 Å². The Labute approximate surface area is 274 Å². The zero-order chi connectivity index (χ0) is 33.7. The molecule has 248 valence electrons. The predicted octanol–water partition coefficient (Wildman–Crippen LogP) is 5.42. The Morgan fingerprint density at radius 1 is 0.727 bits per heavy atom. The van der Waals surface area contributed by atoms with Gasteiger partial charge in [0.15, 0.2) is 0 Å². The maximum Gasteiger partial charge on any atom is 0.329 e. The average Bonchev–Trinajstić information content (AvgIpc) is 2.82. The number of benzene rings is 1. The van der Waals surface area contributed by atoms with Gasteiger partial charge in [0.2, 0.25) is 0 Å². The van der Waals surface area contributed by atoms with Crippen LogP contribution in [0.1, 0.15) is 94.4 Å². The Bertz CT molecular complexity index is 1140. The van der Waals surface area contributed by atoms with Crippen molar-refractivity contribution in [2.45, 2.75) is 123 Å². The number of ether oxygens (including phenoxy) is 3. The van der Waals surface area contributed by atoms with E-state index in [-0.39, 0.29) is 25.3 Å². The van der Waals surface area contributed by atoms with Gasteiger partial charge in [0.05, 0.1) is 0 Å². The molecule has 0 spiro atoms. The Kier molecular flexibility index (Phi) is 15.4. The van der Waals surface area contributed by atoms with Crippen molar-refractivity contribution in [3.63, 3.8) is 0 Å². The number of urea groups is 2. The smallest absolute Gasteiger partial charge is 0.329 e. The molecular formula is C31H49IN4O8. The van der Waals surface area contributed by atoms with Gasteiger partial charge in [-0.1, -0.05) is 6.07 Å². The lowest BCUT2D eigenvalue weighted by Crippen LogP contribution is -2.53. The molecule has 0 aliphatic rings. The fourth-order valence-electron chi connectivity index (χ4n) is 3.67. The molecule has 4 amide bonds. The predicted molar refractivity (Wildman–Crippen MR) is 176 cm³/mol. The second-order valence-electron chi connectivity index (χ2n) is 13.3. The quantitative estimate of drug-likeness (QED) is 0.0906. The van der Waals surface area contributed by atoms with Crippen LogP contribution in [0.4, 0.5) is 15.3 Å². The molecule has 12 nitrogen and oxygen atoms in total. The lowest BCUT2D eigenvalue weighted by atomic mass is 10.1. The lowest BCUT2D eigenvalue weighted by molar-refractivity contribution is -0.159. The van der Waals surface area contributed by atoms with E-state index in [4.69, 9.17) is 14.2 Å². The Hall–Kier alpha value is -3.10. The standard InChI is InChI=1S/C31H49IN4O8/c1-29(2,3)42-24(37)17-16-23(26(39)44-31(7,8)9)36-28(41)35-22(25(38)43-30(4,5)6)15-10-11-18-33-27(40)34-21-14-12-13-20(32)19-21/h12-14,19,22-23H,10-11,15-18H2,1-9H3,(H2,33,34,40)(H2,35,36,41)/i32-2. The molecule has 0 radical (unpaired) electrons. The number of hydrogen-bond donors (Lipinski definition) is 4. The summed E-state index contributed by atoms with van der Waals surface area (Å²) in [6.07, 6.45) is 1.02. The summed E-state index contributed by atoms with van der Waals surface area (Å²) < 4.78 is 17.3. The van der Waals surface area contributed by atoms with Gasteiger partial charge in [-0.2, -0.15) is 0 Å². The van der Waals surface area contributed by atoms with Crippen LogP contribution in [-0.2, 0) is 28.6 Å². The largest absolute Gasteiger partial charge is 0.460 e. The number of hydrogen-bond acceptors (Lipinski definition) is 8. The fraction of sp³-hybridized carbons (Fsp3) is 0.645. The van der Waals surface area contributed by atoms with Crippen LogP contribution in [0.25, 0.3) is 0 Å². The average molecular weight is 731 g/mol. The summed E-state index contributed by atoms with van der Waals surface area (Å²) in [6.45, 7) is 15.8. The Balaban J connectivity index is 2.82. The molecule has 44 heavy (non-hydrogen) atoms. The summed E-state index contributed by atoms with van der Waals surface area (Å²) in [5.41, 5.74) is -1.66. The summed E-state index contributed by atoms with van der Waals surface area (Å²) in [5.74, 6) is -1.89. The second-order valence-corrected chi connectivity index (χ2v) is 14.5. The number of carbonyl (C=O) groups is 5. The van der Waals surface area contributed by atoms with E-state index in [1.54, 1.807) is 68.4 Å². The van der Waals surface area contributed by atoms with E-state index >= 15 is 0 Å². The van der Waals surface area contributed by atoms with Crippen molar-refractivity contribution in [1.29, 1.82) is 0 Å². The molecule has 0 aromatic heterocycles. The molecular weight excluding hydrogens is 681 g/mol. The maximum absolute atomic E-state index is 13.0. The third kappa shape index (κ3) is 18.5. The molecule has 0 fully saturated rings. The van der Waals surface area contributed by atoms with Crippen LogP contribution in [0.2, 0.25) is 0 Å². The summed E-state index contributed by atoms with van der Waals surface area (Å²) >= 11 is 2.16. The van der Waals surface area contributed by atoms with Gasteiger partial charge in [-0.05, 0) is 129 Å². The molecule has 2 atom stereocenters. The first-order valence-corrected chi connectivity index (χ1v) is 15.8. The van der Waals surface area contributed by atoms with Crippen LogP contribution in [0.5, 0.6) is 0 Å². The lowest BCUT2D eigenvalue weighted by Gasteiger charge is -2.27. The minimum atomic E-state index is -1.17. The second kappa shape index (κ2) is 17.4. The number of esters is 3. The first-order chi connectivity index (χ1) is 20.1. The highest BCUT2D eigenvalue weighted by Crippen LogP contribution is 2.15. The van der Waals surface area contributed by atoms with Crippen molar-refractivity contribution in [3.05, 3.63) is 27.8 Å². The van der Waals surface area contributed by atoms with Crippen LogP contribution >= 0.6 is 22.6 Å². The van der Waals surface area contributed by atoms with Crippen LogP contribution in [-0.4, -0.2) is 65.4 Å². The highest BCUT2D eigenvalue weighted by Gasteiger charge is 2.31. The third-order valence-electron chi connectivity index (χ3n) is 5.34. The van der Waals surface area contributed by atoms with Crippen molar-refractivity contribution >= 4 is 58.2 Å². The van der Waals surface area contributed by atoms with Gasteiger partial charge < -0.3 is 35.5 Å². The Morgan fingerprint density at radius 3 is 1.75 bits per heavy atom. The van der Waals surface area contributed by atoms with E-state index in [9.17, 15) is 24.0 Å². The van der Waals surface area contributed by atoms with Gasteiger partial charge in [-0.15, -0.1) is 0 Å². The number of rotatable bonds is 13. The topological polar surface area (TPSA) is 161 Å². The van der Waals surface area contributed by atoms with Crippen molar-refractivity contribution in [2.24, 2.45) is 0 Å². The number of carbonyl (C=O) groups excluding carboxylic acids is 5. The van der Waals surface area contributed by atoms with E-state index in [0.29, 0.717) is 25.1 Å². The highest BCUT2D eigenvalue weighted by atomic mass is 125. The molecule has 2 unspecified atom stereocenters. The molecule has 13 heteroatoms. The van der Waals surface area contributed by atoms with Gasteiger partial charge >= 0.3 is 30.0 Å². The van der Waals surface area contributed by atoms with Gasteiger partial charge in [-0.3, -0.25) is 4.79 Å². The van der Waals surface area contributed by atoms with Gasteiger partial charge in [0, 0.05) is 22.2 Å². The van der Waals surface area contributed by atoms with E-state index in [2.05, 4.69) is 43.9 Å². The molecule has 0 saturated heterocycles. The van der Waals surface area contributed by atoms with Crippen LogP contribution < -0.4 is 21.3 Å². The summed E-state index contributed by atoms with van der Waals surface area (Å²) in [7, 11) is 0. The van der Waals surface area contributed by atoms with E-state index in [1.165, 1.54) is 0 Å². The summed E-state index contributed by atoms with van der Waals surface area (Å²) in [5, 5.41) is 10.7. The monoisotopic (exact) mass is 730 g/mol. The molecule has 4 N–H and O–H groups in total. The van der Waals surface area contributed by atoms with Crippen LogP contribution in [0.15, 0.2) is 24.3 Å². The van der Waals surface area contributed by atoms with Gasteiger partial charge in [0.25, 0.3) is 0 Å². The van der Waals surface area contributed by atoms with Crippen LogP contribution in [0, 0.1) is 3.57 Å². The van der Waals surface area contributed by atoms with Gasteiger partial charge in [-0.25, -0.2) is 19.2 Å². The molecule has 0 bridgehead atoms. The first-order valence-electron chi connectivity index (χ1n) is 14.7. The van der Waals surface area contributed by atoms with E-state index < -0.39 is 52.8 Å². The van der Waals surface area contributed by atoms with Gasteiger partial charge in [0.1, 0.15) is 28.9 Å². The zero-order valence-electron chi connectivity index (χ0n) is 27.4. The Morgan fingerprint density at radius 2 is 1.25 bits per heavy atom. The number of halogens is 1. The van der Waals surface area contributed by atoms with Crippen LogP contribution in [0.3, 0.4) is 0 Å². The van der Waals surface area contributed by atoms with E-state index in [0.717, 1.165) is 3.57 Å². The molecule has 0 aliphatic heterocycles. The highest BCUT2D eigenvalue weighted by molar-refractivity contribution is 14.1. The van der Waals surface area contributed by atoms with Crippen molar-refractivity contribution in [3.8, 4) is 0 Å². The molecule has 0 heterocycles. The number of nitrogens with one attached hydrogen (secondary N) is 4. The van der Waals surface area contributed by atoms with E-state index in [1.807, 2.05) is 18.2 Å². The molecule has 1 aromatic rings. The zero-order valence-corrected chi connectivity index (χ0v) is 29.5. The van der Waals surface area contributed by atoms with Crippen molar-refractivity contribution < 1.29 is 38.2 Å². The normalized spacial score (nSPS) is 13.1. The minimum Gasteiger partial charge on any atom is -0.460 e. The summed E-state index contributed by atoms with van der Waals surface area (Å²) in [4.78, 5) is 63.4. The minimum absolute atomic E-state index is 0.0653. The molecule has 1 rings (SSSR count). The molecule has 1 aromatic carbocycles. The molecule has 0 saturated carbocycles. The number of anilines is 1. The summed E-state index contributed by atoms with van der Waals surface area (Å²) in [6, 6.07) is 4.04. The molecule has 0 aliphatic carbocycles. The van der Waals surface area contributed by atoms with Crippen molar-refractivity contribution in [1.82, 2.24) is 16.0 Å². The fourth-order valence-corrected chi connectivity index (χ4v) is 4.22. The number of unbranched alkanes of at least 4 members (excludes halogenated alkanes) is 1. The maximum atomic E-state index is 13.0. The third-order valence-corrected chi connectivity index (χ3v) is 6.01. The first kappa shape index (κ1) is 38.9. The SMILES string of the molecule is CC(C)(C)OC(=O)CCC(NC(=O)NC(CCCCNC(=O)Nc1cccc([125I])c1)C(=O)OC(C)(C)C)C(=O)OC(C)(C)C.